The van der Waals surface area contributed by atoms with Crippen LogP contribution in [0.25, 0.3) is 0 Å². The molecule has 0 aliphatic heterocycles. The van der Waals surface area contributed by atoms with Crippen molar-refractivity contribution >= 4 is 35.9 Å². The highest BCUT2D eigenvalue weighted by molar-refractivity contribution is 8.00. The van der Waals surface area contributed by atoms with E-state index < -0.39 is 7.12 Å². The van der Waals surface area contributed by atoms with Gasteiger partial charge in [-0.15, -0.1) is 0 Å². The zero-order valence-corrected chi connectivity index (χ0v) is 11.9. The number of nitrogens with zero attached hydrogens (tertiary/aromatic N) is 2. The summed E-state index contributed by atoms with van der Waals surface area (Å²) in [6.07, 6.45) is 0. The number of benzene rings is 1. The Morgan fingerprint density at radius 1 is 1.32 bits per heavy atom. The van der Waals surface area contributed by atoms with Crippen LogP contribution in [0.3, 0.4) is 0 Å². The summed E-state index contributed by atoms with van der Waals surface area (Å²) in [6, 6.07) is 6.69. The largest absolute Gasteiger partial charge is 0.493 e. The number of aryl methyl sites for hydroxylation is 1. The molecule has 2 rings (SSSR count). The summed E-state index contributed by atoms with van der Waals surface area (Å²) in [5, 5.41) is 17.9. The molecule has 0 fully saturated rings. The van der Waals surface area contributed by atoms with Crippen LogP contribution < -0.4 is 10.2 Å². The van der Waals surface area contributed by atoms with Crippen molar-refractivity contribution in [3.8, 4) is 5.75 Å². The van der Waals surface area contributed by atoms with Crippen LogP contribution in [0.1, 0.15) is 5.82 Å². The summed E-state index contributed by atoms with van der Waals surface area (Å²) in [4.78, 5) is 4.25. The summed E-state index contributed by atoms with van der Waals surface area (Å²) in [7, 11) is -1.44. The maximum Gasteiger partial charge on any atom is 0.488 e. The number of hydrogen-bond acceptors (Lipinski definition) is 7. The normalized spacial score (nSPS) is 10.5. The number of hydrogen-bond donors (Lipinski definition) is 2. The minimum Gasteiger partial charge on any atom is -0.493 e. The zero-order chi connectivity index (χ0) is 13.7. The quantitative estimate of drug-likeness (QED) is 0.464. The molecular formula is C11H13BN2O3S2. The first kappa shape index (κ1) is 14.3. The summed E-state index contributed by atoms with van der Waals surface area (Å²) < 4.78 is 10.6. The van der Waals surface area contributed by atoms with Crippen molar-refractivity contribution < 1.29 is 14.8 Å². The molecule has 0 unspecified atom stereocenters. The molecule has 19 heavy (non-hydrogen) atoms. The number of ether oxygens (including phenoxy) is 1. The molecule has 0 amide bonds. The Morgan fingerprint density at radius 2 is 2.05 bits per heavy atom. The number of thioether (sulfide) groups is 1. The van der Waals surface area contributed by atoms with Crippen molar-refractivity contribution in [2.75, 3.05) is 12.4 Å². The Hall–Kier alpha value is -1.09. The van der Waals surface area contributed by atoms with Gasteiger partial charge in [0.15, 0.2) is 4.34 Å². The Balaban J connectivity index is 1.73. The van der Waals surface area contributed by atoms with Crippen molar-refractivity contribution in [3.05, 3.63) is 30.1 Å². The fourth-order valence-electron chi connectivity index (χ4n) is 1.36. The average Bonchev–Trinajstić information content (AvgIpc) is 2.81. The molecule has 1 aromatic carbocycles. The second kappa shape index (κ2) is 6.90. The van der Waals surface area contributed by atoms with Gasteiger partial charge in [0, 0.05) is 5.75 Å². The van der Waals surface area contributed by atoms with E-state index in [0.29, 0.717) is 17.8 Å². The van der Waals surface area contributed by atoms with Gasteiger partial charge in [-0.3, -0.25) is 0 Å². The summed E-state index contributed by atoms with van der Waals surface area (Å²) >= 11 is 3.00. The van der Waals surface area contributed by atoms with Gasteiger partial charge in [-0.25, -0.2) is 4.98 Å². The van der Waals surface area contributed by atoms with Crippen molar-refractivity contribution in [2.24, 2.45) is 0 Å². The minimum absolute atomic E-state index is 0.450. The van der Waals surface area contributed by atoms with E-state index in [4.69, 9.17) is 14.8 Å². The first-order valence-electron chi connectivity index (χ1n) is 5.67. The number of aromatic nitrogens is 2. The van der Waals surface area contributed by atoms with Crippen LogP contribution >= 0.6 is 23.3 Å². The second-order valence-electron chi connectivity index (χ2n) is 3.75. The van der Waals surface area contributed by atoms with E-state index in [1.165, 1.54) is 11.5 Å². The maximum absolute atomic E-state index is 8.96. The lowest BCUT2D eigenvalue weighted by Gasteiger charge is -2.06. The van der Waals surface area contributed by atoms with Gasteiger partial charge in [0.05, 0.1) is 6.61 Å². The van der Waals surface area contributed by atoms with Gasteiger partial charge >= 0.3 is 7.12 Å². The maximum atomic E-state index is 8.96. The van der Waals surface area contributed by atoms with E-state index in [1.807, 2.05) is 6.92 Å². The van der Waals surface area contributed by atoms with Gasteiger partial charge in [0.1, 0.15) is 11.6 Å². The third kappa shape index (κ3) is 4.50. The Bertz CT molecular complexity index is 519. The lowest BCUT2D eigenvalue weighted by molar-refractivity contribution is 0.344. The van der Waals surface area contributed by atoms with Crippen molar-refractivity contribution in [2.45, 2.75) is 11.3 Å². The van der Waals surface area contributed by atoms with Gasteiger partial charge < -0.3 is 14.8 Å². The predicted molar refractivity (Wildman–Crippen MR) is 77.1 cm³/mol. The molecule has 0 spiro atoms. The highest BCUT2D eigenvalue weighted by Gasteiger charge is 2.09. The van der Waals surface area contributed by atoms with Crippen LogP contribution in [0.15, 0.2) is 28.6 Å². The van der Waals surface area contributed by atoms with E-state index in [2.05, 4.69) is 9.36 Å². The molecule has 0 radical (unpaired) electrons. The topological polar surface area (TPSA) is 75.5 Å². The zero-order valence-electron chi connectivity index (χ0n) is 10.3. The van der Waals surface area contributed by atoms with Gasteiger partial charge in [-0.05, 0) is 36.1 Å². The third-order valence-electron chi connectivity index (χ3n) is 2.26. The van der Waals surface area contributed by atoms with E-state index in [9.17, 15) is 0 Å². The third-order valence-corrected chi connectivity index (χ3v) is 4.15. The molecule has 2 aromatic rings. The SMILES string of the molecule is Cc1nsc(SCCOc2ccc(B(O)O)cc2)n1. The first-order valence-corrected chi connectivity index (χ1v) is 7.43. The fourth-order valence-corrected chi connectivity index (χ4v) is 2.90. The van der Waals surface area contributed by atoms with E-state index >= 15 is 0 Å². The molecule has 0 aliphatic rings. The lowest BCUT2D eigenvalue weighted by Crippen LogP contribution is -2.29. The van der Waals surface area contributed by atoms with Crippen LogP contribution in [0.2, 0.25) is 0 Å². The molecule has 100 valence electrons. The molecule has 0 aliphatic carbocycles. The molecule has 1 aromatic heterocycles. The molecule has 0 saturated heterocycles. The lowest BCUT2D eigenvalue weighted by atomic mass is 9.80. The van der Waals surface area contributed by atoms with Gasteiger partial charge in [0.25, 0.3) is 0 Å². The Labute approximate surface area is 120 Å². The highest BCUT2D eigenvalue weighted by Crippen LogP contribution is 2.19. The predicted octanol–water partition coefficient (Wildman–Crippen LogP) is 0.697. The fraction of sp³-hybridized carbons (Fsp3) is 0.273. The van der Waals surface area contributed by atoms with Crippen molar-refractivity contribution in [3.63, 3.8) is 0 Å². The van der Waals surface area contributed by atoms with E-state index in [0.717, 1.165) is 15.9 Å². The summed E-state index contributed by atoms with van der Waals surface area (Å²) in [5.74, 6) is 2.30. The van der Waals surface area contributed by atoms with Crippen LogP contribution in [0.4, 0.5) is 0 Å². The minimum atomic E-state index is -1.44. The standard InChI is InChI=1S/C11H13BN2O3S2/c1-8-13-11(19-14-8)18-7-6-17-10-4-2-9(3-5-10)12(15)16/h2-5,15-16H,6-7H2,1H3. The van der Waals surface area contributed by atoms with E-state index in [-0.39, 0.29) is 0 Å². The molecule has 8 heteroatoms. The van der Waals surface area contributed by atoms with Crippen LogP contribution in [-0.2, 0) is 0 Å². The molecule has 5 nitrogen and oxygen atoms in total. The van der Waals surface area contributed by atoms with Gasteiger partial charge in [0.2, 0.25) is 0 Å². The Kier molecular flexibility index (Phi) is 5.20. The van der Waals surface area contributed by atoms with Crippen molar-refractivity contribution in [1.82, 2.24) is 9.36 Å². The monoisotopic (exact) mass is 296 g/mol. The van der Waals surface area contributed by atoms with E-state index in [1.54, 1.807) is 36.0 Å². The average molecular weight is 296 g/mol. The summed E-state index contributed by atoms with van der Waals surface area (Å²) in [5.41, 5.74) is 0.450. The Morgan fingerprint density at radius 3 is 2.63 bits per heavy atom. The molecule has 0 saturated carbocycles. The molecule has 0 bridgehead atoms. The molecular weight excluding hydrogens is 283 g/mol. The molecule has 2 N–H and O–H groups in total. The second-order valence-corrected chi connectivity index (χ2v) is 5.84. The van der Waals surface area contributed by atoms with Crippen LogP contribution in [0, 0.1) is 6.92 Å². The van der Waals surface area contributed by atoms with Gasteiger partial charge in [-0.2, -0.15) is 4.37 Å². The van der Waals surface area contributed by atoms with Crippen LogP contribution in [-0.4, -0.2) is 38.9 Å². The van der Waals surface area contributed by atoms with Gasteiger partial charge in [-0.1, -0.05) is 23.9 Å². The number of rotatable bonds is 6. The molecule has 0 atom stereocenters. The summed E-state index contributed by atoms with van der Waals surface area (Å²) in [6.45, 7) is 2.43. The molecule has 1 heterocycles. The first-order chi connectivity index (χ1) is 9.15. The van der Waals surface area contributed by atoms with Crippen molar-refractivity contribution in [1.29, 1.82) is 0 Å². The smallest absolute Gasteiger partial charge is 0.488 e. The highest BCUT2D eigenvalue weighted by atomic mass is 32.2. The van der Waals surface area contributed by atoms with Crippen LogP contribution in [0.5, 0.6) is 5.75 Å².